The Hall–Kier alpha value is -1.10. The van der Waals surface area contributed by atoms with Crippen molar-refractivity contribution in [1.29, 1.82) is 0 Å². The number of rotatable bonds is 5. The quantitative estimate of drug-likeness (QED) is 0.861. The average Bonchev–Trinajstić information content (AvgIpc) is 2.74. The van der Waals surface area contributed by atoms with Crippen molar-refractivity contribution in [2.45, 2.75) is 39.5 Å². The van der Waals surface area contributed by atoms with E-state index in [2.05, 4.69) is 32.5 Å². The number of anilines is 2. The number of hydrogen-bond donors (Lipinski definition) is 2. The highest BCUT2D eigenvalue weighted by atomic mass is 35.5. The fraction of sp³-hybridized carbons (Fsp3) is 0.750. The first-order chi connectivity index (χ1) is 8.61. The van der Waals surface area contributed by atoms with E-state index < -0.39 is 0 Å². The second kappa shape index (κ2) is 5.69. The molecule has 1 fully saturated rings. The molecule has 5 nitrogen and oxygen atoms in total. The van der Waals surface area contributed by atoms with Gasteiger partial charge in [0.1, 0.15) is 0 Å². The third-order valence-electron chi connectivity index (χ3n) is 3.43. The summed E-state index contributed by atoms with van der Waals surface area (Å²) in [6, 6.07) is 0. The van der Waals surface area contributed by atoms with Crippen LogP contribution in [0.2, 0.25) is 5.28 Å². The van der Waals surface area contributed by atoms with E-state index in [0.717, 1.165) is 13.1 Å². The number of halogens is 1. The van der Waals surface area contributed by atoms with E-state index >= 15 is 0 Å². The van der Waals surface area contributed by atoms with Gasteiger partial charge in [-0.1, -0.05) is 19.8 Å². The van der Waals surface area contributed by atoms with Crippen molar-refractivity contribution in [1.82, 2.24) is 15.0 Å². The van der Waals surface area contributed by atoms with E-state index in [1.807, 2.05) is 6.92 Å². The first-order valence-corrected chi connectivity index (χ1v) is 6.88. The smallest absolute Gasteiger partial charge is 0.228 e. The Kier molecular flexibility index (Phi) is 4.22. The summed E-state index contributed by atoms with van der Waals surface area (Å²) in [6.07, 6.45) is 5.16. The van der Waals surface area contributed by atoms with Crippen molar-refractivity contribution < 1.29 is 0 Å². The second-order valence-electron chi connectivity index (χ2n) is 5.15. The highest BCUT2D eigenvalue weighted by Crippen LogP contribution is 2.37. The molecule has 18 heavy (non-hydrogen) atoms. The SMILES string of the molecule is CCNc1nc(Cl)nc(NCC2(C)CCCC2)n1. The zero-order valence-corrected chi connectivity index (χ0v) is 11.7. The van der Waals surface area contributed by atoms with E-state index in [1.54, 1.807) is 0 Å². The van der Waals surface area contributed by atoms with Crippen LogP contribution in [0.15, 0.2) is 0 Å². The summed E-state index contributed by atoms with van der Waals surface area (Å²) in [5.41, 5.74) is 0.359. The van der Waals surface area contributed by atoms with Gasteiger partial charge in [0.15, 0.2) is 0 Å². The first kappa shape index (κ1) is 13.3. The van der Waals surface area contributed by atoms with Gasteiger partial charge in [-0.15, -0.1) is 0 Å². The monoisotopic (exact) mass is 269 g/mol. The molecule has 1 aromatic rings. The molecule has 0 atom stereocenters. The van der Waals surface area contributed by atoms with E-state index in [9.17, 15) is 0 Å². The molecule has 0 unspecified atom stereocenters. The van der Waals surface area contributed by atoms with Gasteiger partial charge in [-0.2, -0.15) is 15.0 Å². The van der Waals surface area contributed by atoms with Gasteiger partial charge in [-0.25, -0.2) is 0 Å². The van der Waals surface area contributed by atoms with E-state index in [-0.39, 0.29) is 5.28 Å². The van der Waals surface area contributed by atoms with Crippen LogP contribution in [-0.2, 0) is 0 Å². The molecule has 100 valence electrons. The lowest BCUT2D eigenvalue weighted by atomic mass is 9.89. The lowest BCUT2D eigenvalue weighted by Gasteiger charge is -2.23. The van der Waals surface area contributed by atoms with Crippen LogP contribution in [0.4, 0.5) is 11.9 Å². The second-order valence-corrected chi connectivity index (χ2v) is 5.49. The Morgan fingerprint density at radius 3 is 2.33 bits per heavy atom. The van der Waals surface area contributed by atoms with E-state index in [1.165, 1.54) is 25.7 Å². The third kappa shape index (κ3) is 3.45. The summed E-state index contributed by atoms with van der Waals surface area (Å²) in [7, 11) is 0. The Morgan fingerprint density at radius 1 is 1.11 bits per heavy atom. The summed E-state index contributed by atoms with van der Waals surface area (Å²) < 4.78 is 0. The molecule has 1 aliphatic rings. The molecule has 0 bridgehead atoms. The molecule has 1 aromatic heterocycles. The molecule has 1 aliphatic carbocycles. The molecule has 0 aromatic carbocycles. The van der Waals surface area contributed by atoms with Gasteiger partial charge >= 0.3 is 0 Å². The Balaban J connectivity index is 2.00. The largest absolute Gasteiger partial charge is 0.354 e. The van der Waals surface area contributed by atoms with Gasteiger partial charge in [0, 0.05) is 13.1 Å². The number of nitrogens with one attached hydrogen (secondary N) is 2. The average molecular weight is 270 g/mol. The van der Waals surface area contributed by atoms with Crippen LogP contribution >= 0.6 is 11.6 Å². The predicted molar refractivity (Wildman–Crippen MR) is 74.1 cm³/mol. The van der Waals surface area contributed by atoms with E-state index in [4.69, 9.17) is 11.6 Å². The fourth-order valence-electron chi connectivity index (χ4n) is 2.36. The number of hydrogen-bond acceptors (Lipinski definition) is 5. The van der Waals surface area contributed by atoms with Crippen molar-refractivity contribution in [3.63, 3.8) is 0 Å². The van der Waals surface area contributed by atoms with Gasteiger partial charge < -0.3 is 10.6 Å². The maximum Gasteiger partial charge on any atom is 0.228 e. The van der Waals surface area contributed by atoms with Crippen LogP contribution in [0.25, 0.3) is 0 Å². The summed E-state index contributed by atoms with van der Waals surface area (Å²) in [5, 5.41) is 6.54. The molecule has 0 amide bonds. The normalized spacial score (nSPS) is 17.7. The standard InChI is InChI=1S/C12H20ClN5/c1-3-14-10-16-9(13)17-11(18-10)15-8-12(2)6-4-5-7-12/h3-8H2,1-2H3,(H2,14,15,16,17,18). The molecule has 0 saturated heterocycles. The minimum absolute atomic E-state index is 0.222. The van der Waals surface area contributed by atoms with Crippen molar-refractivity contribution in [3.05, 3.63) is 5.28 Å². The molecule has 2 N–H and O–H groups in total. The topological polar surface area (TPSA) is 62.7 Å². The maximum absolute atomic E-state index is 5.87. The molecule has 6 heteroatoms. The zero-order chi connectivity index (χ0) is 13.0. The van der Waals surface area contributed by atoms with Crippen molar-refractivity contribution >= 4 is 23.5 Å². The van der Waals surface area contributed by atoms with Crippen LogP contribution in [-0.4, -0.2) is 28.0 Å². The molecule has 0 spiro atoms. The fourth-order valence-corrected chi connectivity index (χ4v) is 2.52. The molecule has 1 heterocycles. The summed E-state index contributed by atoms with van der Waals surface area (Å²) in [6.45, 7) is 5.95. The summed E-state index contributed by atoms with van der Waals surface area (Å²) >= 11 is 5.87. The molecule has 2 rings (SSSR count). The van der Waals surface area contributed by atoms with Crippen LogP contribution in [0.5, 0.6) is 0 Å². The van der Waals surface area contributed by atoms with Crippen molar-refractivity contribution in [2.75, 3.05) is 23.7 Å². The predicted octanol–water partition coefficient (Wildman–Crippen LogP) is 2.95. The van der Waals surface area contributed by atoms with E-state index in [0.29, 0.717) is 17.3 Å². The first-order valence-electron chi connectivity index (χ1n) is 6.51. The Bertz CT molecular complexity index is 403. The molecule has 0 radical (unpaired) electrons. The van der Waals surface area contributed by atoms with Gasteiger partial charge in [0.25, 0.3) is 0 Å². The van der Waals surface area contributed by atoms with Crippen LogP contribution in [0, 0.1) is 5.41 Å². The third-order valence-corrected chi connectivity index (χ3v) is 3.60. The molecule has 1 saturated carbocycles. The minimum atomic E-state index is 0.222. The molecule has 0 aliphatic heterocycles. The Morgan fingerprint density at radius 2 is 1.72 bits per heavy atom. The van der Waals surface area contributed by atoms with Crippen LogP contribution < -0.4 is 10.6 Å². The minimum Gasteiger partial charge on any atom is -0.354 e. The van der Waals surface area contributed by atoms with Gasteiger partial charge in [-0.3, -0.25) is 0 Å². The van der Waals surface area contributed by atoms with Crippen LogP contribution in [0.3, 0.4) is 0 Å². The summed E-state index contributed by atoms with van der Waals surface area (Å²) in [5.74, 6) is 1.08. The van der Waals surface area contributed by atoms with Gasteiger partial charge in [0.05, 0.1) is 0 Å². The highest BCUT2D eigenvalue weighted by Gasteiger charge is 2.28. The lowest BCUT2D eigenvalue weighted by Crippen LogP contribution is -2.24. The highest BCUT2D eigenvalue weighted by molar-refractivity contribution is 6.28. The van der Waals surface area contributed by atoms with Gasteiger partial charge in [-0.05, 0) is 36.8 Å². The maximum atomic E-state index is 5.87. The Labute approximate surface area is 113 Å². The van der Waals surface area contributed by atoms with Crippen molar-refractivity contribution in [2.24, 2.45) is 5.41 Å². The number of nitrogens with zero attached hydrogens (tertiary/aromatic N) is 3. The number of aromatic nitrogens is 3. The van der Waals surface area contributed by atoms with Gasteiger partial charge in [0.2, 0.25) is 17.2 Å². The summed E-state index contributed by atoms with van der Waals surface area (Å²) in [4.78, 5) is 12.4. The van der Waals surface area contributed by atoms with Crippen molar-refractivity contribution in [3.8, 4) is 0 Å². The molecular formula is C12H20ClN5. The van der Waals surface area contributed by atoms with Crippen LogP contribution in [0.1, 0.15) is 39.5 Å². The lowest BCUT2D eigenvalue weighted by molar-refractivity contribution is 0.361. The zero-order valence-electron chi connectivity index (χ0n) is 11.0. The molecular weight excluding hydrogens is 250 g/mol.